The molecule has 1 aromatic heterocycles. The second-order valence-corrected chi connectivity index (χ2v) is 6.43. The van der Waals surface area contributed by atoms with Crippen molar-refractivity contribution in [1.82, 2.24) is 4.98 Å². The first-order chi connectivity index (χ1) is 12.0. The van der Waals surface area contributed by atoms with Crippen molar-refractivity contribution < 1.29 is 9.72 Å². The third kappa shape index (κ3) is 4.13. The van der Waals surface area contributed by atoms with Gasteiger partial charge in [0.2, 0.25) is 5.91 Å². The maximum atomic E-state index is 12.1. The minimum atomic E-state index is -0.494. The number of aromatic nitrogens is 1. The van der Waals surface area contributed by atoms with Gasteiger partial charge >= 0.3 is 0 Å². The highest BCUT2D eigenvalue weighted by Crippen LogP contribution is 2.24. The van der Waals surface area contributed by atoms with E-state index in [0.29, 0.717) is 5.69 Å². The lowest BCUT2D eigenvalue weighted by Gasteiger charge is -2.07. The number of benzene rings is 2. The van der Waals surface area contributed by atoms with Gasteiger partial charge in [-0.25, -0.2) is 4.98 Å². The van der Waals surface area contributed by atoms with E-state index in [1.165, 1.54) is 30.0 Å². The number of aryl methyl sites for hydroxylation is 1. The Morgan fingerprint density at radius 2 is 2.00 bits per heavy atom. The van der Waals surface area contributed by atoms with Gasteiger partial charge in [-0.15, -0.1) is 0 Å². The van der Waals surface area contributed by atoms with E-state index in [4.69, 9.17) is 0 Å². The summed E-state index contributed by atoms with van der Waals surface area (Å²) < 4.78 is 0. The number of amides is 1. The molecule has 0 aliphatic carbocycles. The molecule has 0 aliphatic heterocycles. The molecule has 6 nitrogen and oxygen atoms in total. The Balaban J connectivity index is 1.66. The van der Waals surface area contributed by atoms with Gasteiger partial charge in [-0.3, -0.25) is 14.9 Å². The van der Waals surface area contributed by atoms with Crippen LogP contribution < -0.4 is 5.32 Å². The van der Waals surface area contributed by atoms with Crippen LogP contribution in [-0.4, -0.2) is 21.6 Å². The second-order valence-electron chi connectivity index (χ2n) is 5.44. The number of rotatable bonds is 5. The first-order valence-corrected chi connectivity index (χ1v) is 8.55. The molecule has 0 aliphatic rings. The van der Waals surface area contributed by atoms with Gasteiger partial charge in [0.1, 0.15) is 0 Å². The lowest BCUT2D eigenvalue weighted by atomic mass is 10.1. The van der Waals surface area contributed by atoms with Gasteiger partial charge < -0.3 is 5.32 Å². The predicted molar refractivity (Wildman–Crippen MR) is 98.9 cm³/mol. The van der Waals surface area contributed by atoms with Crippen molar-refractivity contribution in [2.75, 3.05) is 11.1 Å². The summed E-state index contributed by atoms with van der Waals surface area (Å²) in [6.45, 7) is 2.01. The topological polar surface area (TPSA) is 85.1 Å². The molecule has 0 atom stereocenters. The van der Waals surface area contributed by atoms with E-state index in [9.17, 15) is 14.9 Å². The third-order valence-corrected chi connectivity index (χ3v) is 4.50. The van der Waals surface area contributed by atoms with E-state index >= 15 is 0 Å². The number of non-ortho nitro benzene ring substituents is 1. The molecule has 0 saturated carbocycles. The summed E-state index contributed by atoms with van der Waals surface area (Å²) in [4.78, 5) is 26.9. The lowest BCUT2D eigenvalue weighted by molar-refractivity contribution is -0.384. The number of nitro benzene ring substituents is 1. The Kier molecular flexibility index (Phi) is 4.95. The first kappa shape index (κ1) is 16.9. The maximum Gasteiger partial charge on any atom is 0.271 e. The van der Waals surface area contributed by atoms with Crippen molar-refractivity contribution in [3.8, 4) is 0 Å². The van der Waals surface area contributed by atoms with E-state index in [2.05, 4.69) is 10.3 Å². The standard InChI is InChI=1S/C18H15N3O3S/c1-12-9-18(20-16-8-3-2-7-15(12)16)25-11-17(22)19-13-5-4-6-14(10-13)21(23)24/h2-10H,11H2,1H3,(H,19,22). The van der Waals surface area contributed by atoms with Gasteiger partial charge in [-0.1, -0.05) is 36.0 Å². The van der Waals surface area contributed by atoms with Crippen LogP contribution >= 0.6 is 11.8 Å². The number of para-hydroxylation sites is 1. The Bertz CT molecular complexity index is 959. The minimum Gasteiger partial charge on any atom is -0.325 e. The van der Waals surface area contributed by atoms with Crippen molar-refractivity contribution in [1.29, 1.82) is 0 Å². The number of carbonyl (C=O) groups is 1. The third-order valence-electron chi connectivity index (χ3n) is 3.59. The maximum absolute atomic E-state index is 12.1. The van der Waals surface area contributed by atoms with E-state index in [1.807, 2.05) is 37.3 Å². The van der Waals surface area contributed by atoms with E-state index < -0.39 is 4.92 Å². The Labute approximate surface area is 148 Å². The van der Waals surface area contributed by atoms with Crippen LogP contribution in [0.25, 0.3) is 10.9 Å². The summed E-state index contributed by atoms with van der Waals surface area (Å²) in [6.07, 6.45) is 0. The van der Waals surface area contributed by atoms with Crippen LogP contribution in [0.5, 0.6) is 0 Å². The number of hydrogen-bond donors (Lipinski definition) is 1. The SMILES string of the molecule is Cc1cc(SCC(=O)Nc2cccc([N+](=O)[O-])c2)nc2ccccc12. The zero-order valence-electron chi connectivity index (χ0n) is 13.4. The highest BCUT2D eigenvalue weighted by atomic mass is 32.2. The quantitative estimate of drug-likeness (QED) is 0.422. The predicted octanol–water partition coefficient (Wildman–Crippen LogP) is 4.18. The van der Waals surface area contributed by atoms with Crippen LogP contribution in [0.3, 0.4) is 0 Å². The highest BCUT2D eigenvalue weighted by Gasteiger charge is 2.10. The fourth-order valence-corrected chi connectivity index (χ4v) is 3.20. The Morgan fingerprint density at radius 1 is 1.20 bits per heavy atom. The molecule has 3 rings (SSSR count). The molecule has 1 N–H and O–H groups in total. The van der Waals surface area contributed by atoms with Gasteiger partial charge in [-0.05, 0) is 30.7 Å². The van der Waals surface area contributed by atoms with E-state index in [-0.39, 0.29) is 17.3 Å². The molecule has 2 aromatic carbocycles. The molecule has 7 heteroatoms. The smallest absolute Gasteiger partial charge is 0.271 e. The molecule has 126 valence electrons. The number of hydrogen-bond acceptors (Lipinski definition) is 5. The number of fused-ring (bicyclic) bond motifs is 1. The van der Waals surface area contributed by atoms with Gasteiger partial charge in [0.15, 0.2) is 0 Å². The number of anilines is 1. The number of carbonyl (C=O) groups excluding carboxylic acids is 1. The average molecular weight is 353 g/mol. The van der Waals surface area contributed by atoms with Crippen LogP contribution in [0.4, 0.5) is 11.4 Å². The van der Waals surface area contributed by atoms with Gasteiger partial charge in [0.05, 0.1) is 21.2 Å². The molecule has 0 saturated heterocycles. The van der Waals surface area contributed by atoms with Crippen LogP contribution in [0, 0.1) is 17.0 Å². The Morgan fingerprint density at radius 3 is 2.80 bits per heavy atom. The van der Waals surface area contributed by atoms with Crippen molar-refractivity contribution in [3.63, 3.8) is 0 Å². The fraction of sp³-hybridized carbons (Fsp3) is 0.111. The molecule has 0 spiro atoms. The van der Waals surface area contributed by atoms with Crippen LogP contribution in [0.15, 0.2) is 59.6 Å². The molecule has 1 heterocycles. The van der Waals surface area contributed by atoms with Crippen molar-refractivity contribution in [3.05, 3.63) is 70.3 Å². The zero-order valence-corrected chi connectivity index (χ0v) is 14.2. The van der Waals surface area contributed by atoms with Crippen molar-refractivity contribution >= 4 is 39.9 Å². The number of nitrogens with zero attached hydrogens (tertiary/aromatic N) is 2. The molecule has 1 amide bonds. The van der Waals surface area contributed by atoms with Gasteiger partial charge in [0, 0.05) is 23.2 Å². The molecule has 25 heavy (non-hydrogen) atoms. The number of nitrogens with one attached hydrogen (secondary N) is 1. The zero-order chi connectivity index (χ0) is 17.8. The molecule has 0 unspecified atom stereocenters. The normalized spacial score (nSPS) is 10.6. The van der Waals surface area contributed by atoms with Crippen LogP contribution in [-0.2, 0) is 4.79 Å². The summed E-state index contributed by atoms with van der Waals surface area (Å²) in [5.41, 5.74) is 2.34. The van der Waals surface area contributed by atoms with E-state index in [0.717, 1.165) is 21.5 Å². The first-order valence-electron chi connectivity index (χ1n) is 7.56. The summed E-state index contributed by atoms with van der Waals surface area (Å²) in [7, 11) is 0. The van der Waals surface area contributed by atoms with Gasteiger partial charge in [0.25, 0.3) is 5.69 Å². The summed E-state index contributed by atoms with van der Waals surface area (Å²) >= 11 is 1.33. The average Bonchev–Trinajstić information content (AvgIpc) is 2.60. The minimum absolute atomic E-state index is 0.0581. The molecule has 3 aromatic rings. The summed E-state index contributed by atoms with van der Waals surface area (Å²) in [6, 6.07) is 15.7. The largest absolute Gasteiger partial charge is 0.325 e. The molecule has 0 radical (unpaired) electrons. The lowest BCUT2D eigenvalue weighted by Crippen LogP contribution is -2.14. The molecule has 0 bridgehead atoms. The highest BCUT2D eigenvalue weighted by molar-refractivity contribution is 7.99. The van der Waals surface area contributed by atoms with Crippen LogP contribution in [0.2, 0.25) is 0 Å². The monoisotopic (exact) mass is 353 g/mol. The second kappa shape index (κ2) is 7.31. The van der Waals surface area contributed by atoms with Crippen LogP contribution in [0.1, 0.15) is 5.56 Å². The summed E-state index contributed by atoms with van der Waals surface area (Å²) in [5.74, 6) is -0.0638. The fourth-order valence-electron chi connectivity index (χ4n) is 2.43. The van der Waals surface area contributed by atoms with Gasteiger partial charge in [-0.2, -0.15) is 0 Å². The van der Waals surface area contributed by atoms with Crippen molar-refractivity contribution in [2.45, 2.75) is 11.9 Å². The summed E-state index contributed by atoms with van der Waals surface area (Å²) in [5, 5.41) is 15.3. The number of thioether (sulfide) groups is 1. The van der Waals surface area contributed by atoms with E-state index in [1.54, 1.807) is 6.07 Å². The molecule has 0 fully saturated rings. The Hall–Kier alpha value is -2.93. The molecular formula is C18H15N3O3S. The number of nitro groups is 1. The van der Waals surface area contributed by atoms with Crippen molar-refractivity contribution in [2.24, 2.45) is 0 Å². The molecular weight excluding hydrogens is 338 g/mol. The number of pyridine rings is 1.